The Morgan fingerprint density at radius 3 is 2.50 bits per heavy atom. The van der Waals surface area contributed by atoms with E-state index >= 15 is 0 Å². The number of carbonyl (C=O) groups is 1. The van der Waals surface area contributed by atoms with Crippen molar-refractivity contribution in [2.75, 3.05) is 36.0 Å². The van der Waals surface area contributed by atoms with Crippen LogP contribution in [0.4, 0.5) is 10.9 Å². The first kappa shape index (κ1) is 14.6. The Balaban J connectivity index is 1.62. The van der Waals surface area contributed by atoms with Crippen molar-refractivity contribution in [2.24, 2.45) is 0 Å². The fraction of sp³-hybridized carbons (Fsp3) is 0.462. The number of carboxylic acid groups (broad SMARTS) is 1. The van der Waals surface area contributed by atoms with Gasteiger partial charge in [-0.3, -0.25) is 0 Å². The molecule has 3 rings (SSSR count). The number of aromatic carboxylic acids is 1. The molecular weight excluding hydrogens is 304 g/mol. The van der Waals surface area contributed by atoms with Crippen LogP contribution in [0.2, 0.25) is 0 Å². The molecule has 1 saturated heterocycles. The van der Waals surface area contributed by atoms with Crippen LogP contribution < -0.4 is 9.80 Å². The quantitative estimate of drug-likeness (QED) is 0.888. The van der Waals surface area contributed by atoms with E-state index in [1.54, 1.807) is 0 Å². The summed E-state index contributed by atoms with van der Waals surface area (Å²) in [4.78, 5) is 27.7. The molecular formula is C13H16N6O2S. The summed E-state index contributed by atoms with van der Waals surface area (Å²) in [5.41, 5.74) is -0.0386. The Bertz CT molecular complexity index is 651. The standard InChI is InChI=1S/C13H16N6O2S/c1-2-10-16-13(22-17-10)19-5-3-18(4-6-19)11-8-14-9(7-15-11)12(20)21/h7-8H,2-6H2,1H3,(H,20,21). The zero-order valence-corrected chi connectivity index (χ0v) is 13.0. The second kappa shape index (κ2) is 6.22. The molecule has 3 heterocycles. The number of nitrogens with zero attached hydrogens (tertiary/aromatic N) is 6. The number of piperazine rings is 1. The van der Waals surface area contributed by atoms with Crippen LogP contribution in [0.1, 0.15) is 23.2 Å². The zero-order chi connectivity index (χ0) is 15.5. The minimum atomic E-state index is -1.06. The molecule has 0 aromatic carbocycles. The summed E-state index contributed by atoms with van der Waals surface area (Å²) >= 11 is 1.44. The Morgan fingerprint density at radius 1 is 1.23 bits per heavy atom. The molecule has 2 aromatic rings. The highest BCUT2D eigenvalue weighted by atomic mass is 32.1. The van der Waals surface area contributed by atoms with E-state index < -0.39 is 5.97 Å². The fourth-order valence-corrected chi connectivity index (χ4v) is 3.04. The van der Waals surface area contributed by atoms with Crippen LogP contribution in [-0.2, 0) is 6.42 Å². The van der Waals surface area contributed by atoms with E-state index in [0.29, 0.717) is 5.82 Å². The van der Waals surface area contributed by atoms with Crippen LogP contribution in [0, 0.1) is 0 Å². The van der Waals surface area contributed by atoms with Crippen LogP contribution in [0.25, 0.3) is 0 Å². The second-order valence-corrected chi connectivity index (χ2v) is 5.62. The molecule has 1 fully saturated rings. The first-order chi connectivity index (χ1) is 10.7. The van der Waals surface area contributed by atoms with Gasteiger partial charge >= 0.3 is 5.97 Å². The summed E-state index contributed by atoms with van der Waals surface area (Å²) in [6, 6.07) is 0. The summed E-state index contributed by atoms with van der Waals surface area (Å²) < 4.78 is 4.31. The number of hydrogen-bond donors (Lipinski definition) is 1. The molecule has 0 amide bonds. The minimum absolute atomic E-state index is 0.0386. The summed E-state index contributed by atoms with van der Waals surface area (Å²) in [5.74, 6) is 0.528. The van der Waals surface area contributed by atoms with Crippen molar-refractivity contribution in [2.45, 2.75) is 13.3 Å². The van der Waals surface area contributed by atoms with E-state index in [9.17, 15) is 4.79 Å². The second-order valence-electron chi connectivity index (χ2n) is 4.89. The molecule has 0 saturated carbocycles. The van der Waals surface area contributed by atoms with E-state index in [1.165, 1.54) is 23.9 Å². The molecule has 1 aliphatic rings. The highest BCUT2D eigenvalue weighted by Crippen LogP contribution is 2.21. The average Bonchev–Trinajstić information content (AvgIpc) is 3.04. The van der Waals surface area contributed by atoms with Gasteiger partial charge in [0.15, 0.2) is 5.69 Å². The van der Waals surface area contributed by atoms with Gasteiger partial charge in [0.05, 0.1) is 12.4 Å². The average molecular weight is 320 g/mol. The molecule has 1 N–H and O–H groups in total. The number of hydrogen-bond acceptors (Lipinski definition) is 8. The largest absolute Gasteiger partial charge is 0.476 e. The predicted molar refractivity (Wildman–Crippen MR) is 82.7 cm³/mol. The SMILES string of the molecule is CCc1nsc(N2CCN(c3cnc(C(=O)O)cn3)CC2)n1. The molecule has 22 heavy (non-hydrogen) atoms. The monoisotopic (exact) mass is 320 g/mol. The fourth-order valence-electron chi connectivity index (χ4n) is 2.24. The molecule has 0 bridgehead atoms. The van der Waals surface area contributed by atoms with Crippen LogP contribution in [-0.4, -0.2) is 56.6 Å². The molecule has 1 aliphatic heterocycles. The number of aryl methyl sites for hydroxylation is 1. The molecule has 0 unspecified atom stereocenters. The molecule has 0 aliphatic carbocycles. The number of aromatic nitrogens is 4. The van der Waals surface area contributed by atoms with Crippen molar-refractivity contribution >= 4 is 28.5 Å². The maximum absolute atomic E-state index is 10.8. The van der Waals surface area contributed by atoms with Gasteiger partial charge < -0.3 is 14.9 Å². The van der Waals surface area contributed by atoms with Gasteiger partial charge in [-0.15, -0.1) is 0 Å². The zero-order valence-electron chi connectivity index (χ0n) is 12.1. The first-order valence-corrected chi connectivity index (χ1v) is 7.82. The number of carboxylic acids is 1. The lowest BCUT2D eigenvalue weighted by molar-refractivity contribution is 0.0690. The van der Waals surface area contributed by atoms with Crippen molar-refractivity contribution in [3.63, 3.8) is 0 Å². The number of rotatable bonds is 4. The van der Waals surface area contributed by atoms with Gasteiger partial charge in [0.2, 0.25) is 5.13 Å². The Kier molecular flexibility index (Phi) is 4.14. The third-order valence-electron chi connectivity index (χ3n) is 3.51. The van der Waals surface area contributed by atoms with E-state index in [0.717, 1.165) is 43.6 Å². The van der Waals surface area contributed by atoms with Gasteiger partial charge in [-0.2, -0.15) is 4.37 Å². The lowest BCUT2D eigenvalue weighted by Gasteiger charge is -2.34. The predicted octanol–water partition coefficient (Wildman–Crippen LogP) is 0.915. The molecule has 0 spiro atoms. The lowest BCUT2D eigenvalue weighted by atomic mass is 10.3. The highest BCUT2D eigenvalue weighted by molar-refractivity contribution is 7.09. The number of anilines is 2. The third kappa shape index (κ3) is 2.98. The maximum atomic E-state index is 10.8. The van der Waals surface area contributed by atoms with Gasteiger partial charge in [-0.1, -0.05) is 6.92 Å². The molecule has 0 atom stereocenters. The van der Waals surface area contributed by atoms with E-state index in [-0.39, 0.29) is 5.69 Å². The van der Waals surface area contributed by atoms with Gasteiger partial charge in [0.25, 0.3) is 0 Å². The van der Waals surface area contributed by atoms with Gasteiger partial charge in [-0.25, -0.2) is 19.7 Å². The maximum Gasteiger partial charge on any atom is 0.356 e. The minimum Gasteiger partial charge on any atom is -0.476 e. The summed E-state index contributed by atoms with van der Waals surface area (Å²) in [5, 5.41) is 9.80. The topological polar surface area (TPSA) is 95.3 Å². The highest BCUT2D eigenvalue weighted by Gasteiger charge is 2.21. The van der Waals surface area contributed by atoms with E-state index in [4.69, 9.17) is 5.11 Å². The van der Waals surface area contributed by atoms with E-state index in [1.807, 2.05) is 6.92 Å². The Labute approximate surface area is 131 Å². The van der Waals surface area contributed by atoms with Gasteiger partial charge in [0, 0.05) is 44.1 Å². The molecule has 2 aromatic heterocycles. The van der Waals surface area contributed by atoms with Crippen LogP contribution in [0.15, 0.2) is 12.4 Å². The van der Waals surface area contributed by atoms with Crippen molar-refractivity contribution in [1.82, 2.24) is 19.3 Å². The molecule has 116 valence electrons. The van der Waals surface area contributed by atoms with Crippen molar-refractivity contribution in [1.29, 1.82) is 0 Å². The summed E-state index contributed by atoms with van der Waals surface area (Å²) in [6.07, 6.45) is 3.66. The van der Waals surface area contributed by atoms with Gasteiger partial charge in [0.1, 0.15) is 11.6 Å². The Morgan fingerprint density at radius 2 is 1.95 bits per heavy atom. The summed E-state index contributed by atoms with van der Waals surface area (Å²) in [6.45, 7) is 5.30. The lowest BCUT2D eigenvalue weighted by Crippen LogP contribution is -2.46. The smallest absolute Gasteiger partial charge is 0.356 e. The summed E-state index contributed by atoms with van der Waals surface area (Å²) in [7, 11) is 0. The van der Waals surface area contributed by atoms with Crippen molar-refractivity contribution in [3.05, 3.63) is 23.9 Å². The molecule has 0 radical (unpaired) electrons. The van der Waals surface area contributed by atoms with Gasteiger partial charge in [-0.05, 0) is 0 Å². The molecule has 9 heteroatoms. The van der Waals surface area contributed by atoms with Crippen LogP contribution in [0.5, 0.6) is 0 Å². The first-order valence-electron chi connectivity index (χ1n) is 7.05. The van der Waals surface area contributed by atoms with Crippen molar-refractivity contribution < 1.29 is 9.90 Å². The third-order valence-corrected chi connectivity index (χ3v) is 4.32. The normalized spacial score (nSPS) is 15.1. The van der Waals surface area contributed by atoms with Crippen molar-refractivity contribution in [3.8, 4) is 0 Å². The molecule has 8 nitrogen and oxygen atoms in total. The van der Waals surface area contributed by atoms with Crippen LogP contribution in [0.3, 0.4) is 0 Å². The van der Waals surface area contributed by atoms with E-state index in [2.05, 4.69) is 29.1 Å². The Hall–Kier alpha value is -2.29. The van der Waals surface area contributed by atoms with Crippen LogP contribution >= 0.6 is 11.5 Å².